The molecule has 1 amide bonds. The molecule has 0 aromatic heterocycles. The van der Waals surface area contributed by atoms with Crippen LogP contribution in [0.4, 0.5) is 0 Å². The molecule has 1 saturated carbocycles. The molecule has 2 rings (SSSR count). The first-order valence-corrected chi connectivity index (χ1v) is 7.44. The highest BCUT2D eigenvalue weighted by atomic mass is 32.2. The Labute approximate surface area is 106 Å². The van der Waals surface area contributed by atoms with E-state index in [0.717, 1.165) is 6.42 Å². The number of amides is 1. The number of hydrogen-bond donors (Lipinski definition) is 1. The van der Waals surface area contributed by atoms with Gasteiger partial charge in [0.25, 0.3) is 0 Å². The highest BCUT2D eigenvalue weighted by molar-refractivity contribution is 7.99. The van der Waals surface area contributed by atoms with Gasteiger partial charge in [0.1, 0.15) is 6.04 Å². The van der Waals surface area contributed by atoms with Gasteiger partial charge in [-0.25, -0.2) is 4.79 Å². The van der Waals surface area contributed by atoms with Crippen molar-refractivity contribution in [1.82, 2.24) is 4.90 Å². The van der Waals surface area contributed by atoms with Crippen LogP contribution in [0.15, 0.2) is 0 Å². The van der Waals surface area contributed by atoms with Gasteiger partial charge >= 0.3 is 5.97 Å². The summed E-state index contributed by atoms with van der Waals surface area (Å²) >= 11 is 1.53. The molecule has 0 unspecified atom stereocenters. The second kappa shape index (κ2) is 5.76. The fourth-order valence-electron chi connectivity index (χ4n) is 2.66. The maximum Gasteiger partial charge on any atom is 0.327 e. The van der Waals surface area contributed by atoms with Crippen molar-refractivity contribution in [2.75, 3.05) is 11.6 Å². The molecule has 1 aliphatic heterocycles. The summed E-state index contributed by atoms with van der Waals surface area (Å²) in [7, 11) is 0. The summed E-state index contributed by atoms with van der Waals surface area (Å²) in [5.41, 5.74) is 0. The van der Waals surface area contributed by atoms with Crippen molar-refractivity contribution >= 4 is 23.6 Å². The standard InChI is InChI=1S/C12H19NO3S/c14-11(6-5-9-3-1-2-4-9)13-8-17-7-10(13)12(15)16/h9-10H,1-8H2,(H,15,16)/t10-/m0/s1. The van der Waals surface area contributed by atoms with Gasteiger partial charge in [0.05, 0.1) is 5.88 Å². The monoisotopic (exact) mass is 257 g/mol. The number of rotatable bonds is 4. The lowest BCUT2D eigenvalue weighted by Crippen LogP contribution is -2.41. The van der Waals surface area contributed by atoms with E-state index in [1.165, 1.54) is 42.3 Å². The van der Waals surface area contributed by atoms with Crippen LogP contribution in [-0.2, 0) is 9.59 Å². The Morgan fingerprint density at radius 3 is 2.65 bits per heavy atom. The number of hydrogen-bond acceptors (Lipinski definition) is 3. The third-order valence-electron chi connectivity index (χ3n) is 3.73. The largest absolute Gasteiger partial charge is 0.480 e. The predicted molar refractivity (Wildman–Crippen MR) is 66.8 cm³/mol. The van der Waals surface area contributed by atoms with Crippen molar-refractivity contribution in [3.8, 4) is 0 Å². The maximum atomic E-state index is 12.0. The van der Waals surface area contributed by atoms with Crippen molar-refractivity contribution < 1.29 is 14.7 Å². The van der Waals surface area contributed by atoms with Crippen LogP contribution in [0.25, 0.3) is 0 Å². The average molecular weight is 257 g/mol. The minimum atomic E-state index is -0.871. The van der Waals surface area contributed by atoms with Crippen LogP contribution in [-0.4, -0.2) is 39.6 Å². The van der Waals surface area contributed by atoms with Crippen molar-refractivity contribution in [2.45, 2.75) is 44.6 Å². The number of carbonyl (C=O) groups excluding carboxylic acids is 1. The third-order valence-corrected chi connectivity index (χ3v) is 4.74. The number of carboxylic acid groups (broad SMARTS) is 1. The lowest BCUT2D eigenvalue weighted by Gasteiger charge is -2.21. The average Bonchev–Trinajstić information content (AvgIpc) is 2.96. The van der Waals surface area contributed by atoms with Crippen LogP contribution in [0, 0.1) is 5.92 Å². The Hall–Kier alpha value is -0.710. The van der Waals surface area contributed by atoms with Crippen LogP contribution >= 0.6 is 11.8 Å². The van der Waals surface area contributed by atoms with Crippen LogP contribution in [0.1, 0.15) is 38.5 Å². The molecule has 1 saturated heterocycles. The minimum Gasteiger partial charge on any atom is -0.480 e. The van der Waals surface area contributed by atoms with Crippen molar-refractivity contribution in [2.24, 2.45) is 5.92 Å². The van der Waals surface area contributed by atoms with Gasteiger partial charge in [-0.05, 0) is 12.3 Å². The van der Waals surface area contributed by atoms with Gasteiger partial charge in [0.2, 0.25) is 5.91 Å². The molecule has 2 fully saturated rings. The molecule has 1 N–H and O–H groups in total. The zero-order valence-corrected chi connectivity index (χ0v) is 10.7. The molecule has 0 spiro atoms. The number of thioether (sulfide) groups is 1. The molecule has 0 bridgehead atoms. The topological polar surface area (TPSA) is 57.6 Å². The predicted octanol–water partition coefficient (Wildman–Crippen LogP) is 1.94. The Balaban J connectivity index is 1.80. The van der Waals surface area contributed by atoms with E-state index in [2.05, 4.69) is 0 Å². The van der Waals surface area contributed by atoms with E-state index in [9.17, 15) is 9.59 Å². The molecule has 4 nitrogen and oxygen atoms in total. The molecule has 96 valence electrons. The second-order valence-corrected chi connectivity index (χ2v) is 5.91. The number of aliphatic carboxylic acids is 1. The van der Waals surface area contributed by atoms with E-state index >= 15 is 0 Å². The maximum absolute atomic E-state index is 12.0. The van der Waals surface area contributed by atoms with Crippen molar-refractivity contribution in [3.63, 3.8) is 0 Å². The number of carbonyl (C=O) groups is 2. The third kappa shape index (κ3) is 3.15. The van der Waals surface area contributed by atoms with Gasteiger partial charge in [-0.15, -0.1) is 11.8 Å². The first-order valence-electron chi connectivity index (χ1n) is 6.28. The van der Waals surface area contributed by atoms with Gasteiger partial charge in [0.15, 0.2) is 0 Å². The Morgan fingerprint density at radius 2 is 2.00 bits per heavy atom. The Kier molecular flexibility index (Phi) is 4.31. The summed E-state index contributed by atoms with van der Waals surface area (Å²) in [6, 6.07) is -0.601. The number of nitrogens with zero attached hydrogens (tertiary/aromatic N) is 1. The smallest absolute Gasteiger partial charge is 0.327 e. The van der Waals surface area contributed by atoms with E-state index in [1.807, 2.05) is 0 Å². The van der Waals surface area contributed by atoms with E-state index < -0.39 is 12.0 Å². The van der Waals surface area contributed by atoms with Crippen molar-refractivity contribution in [1.29, 1.82) is 0 Å². The molecule has 0 aromatic rings. The quantitative estimate of drug-likeness (QED) is 0.836. The lowest BCUT2D eigenvalue weighted by atomic mass is 10.0. The normalized spacial score (nSPS) is 25.4. The van der Waals surface area contributed by atoms with E-state index in [1.54, 1.807) is 0 Å². The van der Waals surface area contributed by atoms with Gasteiger partial charge in [-0.1, -0.05) is 25.7 Å². The molecule has 0 radical (unpaired) electrons. The summed E-state index contributed by atoms with van der Waals surface area (Å²) in [6.45, 7) is 0. The molecule has 1 atom stereocenters. The number of carboxylic acids is 1. The molecule has 0 aromatic carbocycles. The molecule has 1 aliphatic carbocycles. The van der Waals surface area contributed by atoms with Crippen LogP contribution < -0.4 is 0 Å². The first-order chi connectivity index (χ1) is 8.18. The summed E-state index contributed by atoms with van der Waals surface area (Å²) in [4.78, 5) is 24.5. The van der Waals surface area contributed by atoms with Gasteiger partial charge < -0.3 is 10.0 Å². The zero-order valence-electron chi connectivity index (χ0n) is 9.93. The van der Waals surface area contributed by atoms with E-state index in [0.29, 0.717) is 24.0 Å². The van der Waals surface area contributed by atoms with Crippen LogP contribution in [0.3, 0.4) is 0 Å². The van der Waals surface area contributed by atoms with Gasteiger partial charge in [-0.2, -0.15) is 0 Å². The van der Waals surface area contributed by atoms with Crippen LogP contribution in [0.2, 0.25) is 0 Å². The molecule has 2 aliphatic rings. The molecule has 1 heterocycles. The summed E-state index contributed by atoms with van der Waals surface area (Å²) in [5.74, 6) is 0.918. The van der Waals surface area contributed by atoms with Gasteiger partial charge in [0, 0.05) is 12.2 Å². The molecular weight excluding hydrogens is 238 g/mol. The summed E-state index contributed by atoms with van der Waals surface area (Å²) in [5, 5.41) is 9.01. The summed E-state index contributed by atoms with van der Waals surface area (Å²) in [6.07, 6.45) is 6.52. The SMILES string of the molecule is O=C(O)[C@@H]1CSCN1C(=O)CCC1CCCC1. The molecule has 17 heavy (non-hydrogen) atoms. The van der Waals surface area contributed by atoms with E-state index in [4.69, 9.17) is 5.11 Å². The minimum absolute atomic E-state index is 0.0225. The molecular formula is C12H19NO3S. The van der Waals surface area contributed by atoms with Gasteiger partial charge in [-0.3, -0.25) is 4.79 Å². The van der Waals surface area contributed by atoms with Crippen molar-refractivity contribution in [3.05, 3.63) is 0 Å². The zero-order chi connectivity index (χ0) is 12.3. The lowest BCUT2D eigenvalue weighted by molar-refractivity contribution is -0.147. The fraction of sp³-hybridized carbons (Fsp3) is 0.833. The highest BCUT2D eigenvalue weighted by Gasteiger charge is 2.34. The Morgan fingerprint density at radius 1 is 1.29 bits per heavy atom. The fourth-order valence-corrected chi connectivity index (χ4v) is 3.84. The van der Waals surface area contributed by atoms with Crippen LogP contribution in [0.5, 0.6) is 0 Å². The second-order valence-electron chi connectivity index (χ2n) is 4.91. The Bertz CT molecular complexity index is 302. The van der Waals surface area contributed by atoms with E-state index in [-0.39, 0.29) is 5.91 Å². The molecule has 5 heteroatoms. The summed E-state index contributed by atoms with van der Waals surface area (Å²) < 4.78 is 0. The highest BCUT2D eigenvalue weighted by Crippen LogP contribution is 2.29. The first kappa shape index (κ1) is 12.7.